The second kappa shape index (κ2) is 9.94. The highest BCUT2D eigenvalue weighted by molar-refractivity contribution is 6.00. The lowest BCUT2D eigenvalue weighted by molar-refractivity contribution is -0.123. The van der Waals surface area contributed by atoms with Crippen LogP contribution in [0, 0.1) is 5.92 Å². The predicted octanol–water partition coefficient (Wildman–Crippen LogP) is 2.61. The summed E-state index contributed by atoms with van der Waals surface area (Å²) in [6, 6.07) is 8.01. The third kappa shape index (κ3) is 4.88. The van der Waals surface area contributed by atoms with E-state index in [9.17, 15) is 14.4 Å². The van der Waals surface area contributed by atoms with Gasteiger partial charge in [0.1, 0.15) is 11.6 Å². The average Bonchev–Trinajstić information content (AvgIpc) is 3.29. The normalized spacial score (nSPS) is 13.2. The quantitative estimate of drug-likeness (QED) is 0.530. The van der Waals surface area contributed by atoms with Crippen LogP contribution in [-0.2, 0) is 17.9 Å². The third-order valence-corrected chi connectivity index (χ3v) is 5.66. The van der Waals surface area contributed by atoms with Crippen molar-refractivity contribution in [3.63, 3.8) is 0 Å². The van der Waals surface area contributed by atoms with Crippen LogP contribution >= 0.6 is 0 Å². The highest BCUT2D eigenvalue weighted by atomic mass is 16.7. The van der Waals surface area contributed by atoms with Gasteiger partial charge in [0.25, 0.3) is 5.91 Å². The molecule has 1 atom stereocenters. The molecule has 9 nitrogen and oxygen atoms in total. The van der Waals surface area contributed by atoms with E-state index in [0.29, 0.717) is 41.1 Å². The first-order chi connectivity index (χ1) is 16.4. The van der Waals surface area contributed by atoms with E-state index in [1.54, 1.807) is 24.4 Å². The summed E-state index contributed by atoms with van der Waals surface area (Å²) in [6.45, 7) is 6.72. The molecule has 0 saturated carbocycles. The first kappa shape index (κ1) is 23.3. The van der Waals surface area contributed by atoms with Gasteiger partial charge in [0.05, 0.1) is 23.1 Å². The molecule has 0 saturated heterocycles. The van der Waals surface area contributed by atoms with Crippen LogP contribution in [0.4, 0.5) is 0 Å². The van der Waals surface area contributed by atoms with Gasteiger partial charge in [0, 0.05) is 25.0 Å². The number of nitrogens with one attached hydrogen (secondary N) is 2. The number of carbonyl (C=O) groups excluding carboxylic acids is 2. The predicted molar refractivity (Wildman–Crippen MR) is 127 cm³/mol. The van der Waals surface area contributed by atoms with Gasteiger partial charge in [0.2, 0.25) is 18.1 Å². The van der Waals surface area contributed by atoms with E-state index < -0.39 is 17.4 Å². The summed E-state index contributed by atoms with van der Waals surface area (Å²) in [5, 5.41) is 5.96. The SMILES string of the molecule is CCn1cc(C(=O)N[C@H](CC(C)C)C(=O)NCc2ccccn2)c(=O)c2cc3c(cc21)OCO3. The third-order valence-electron chi connectivity index (χ3n) is 5.66. The van der Waals surface area contributed by atoms with Crippen molar-refractivity contribution >= 4 is 22.7 Å². The highest BCUT2D eigenvalue weighted by Crippen LogP contribution is 2.35. The fraction of sp³-hybridized carbons (Fsp3) is 0.360. The number of ether oxygens (including phenoxy) is 2. The molecule has 0 radical (unpaired) electrons. The summed E-state index contributed by atoms with van der Waals surface area (Å²) in [4.78, 5) is 43.6. The maximum atomic E-state index is 13.2. The van der Waals surface area contributed by atoms with E-state index in [4.69, 9.17) is 9.47 Å². The zero-order valence-electron chi connectivity index (χ0n) is 19.5. The molecule has 0 aliphatic carbocycles. The van der Waals surface area contributed by atoms with Crippen LogP contribution in [0.3, 0.4) is 0 Å². The molecule has 9 heteroatoms. The van der Waals surface area contributed by atoms with Crippen molar-refractivity contribution in [1.29, 1.82) is 0 Å². The number of amides is 2. The number of pyridine rings is 2. The summed E-state index contributed by atoms with van der Waals surface area (Å²) < 4.78 is 12.6. The molecule has 2 amide bonds. The standard InChI is InChI=1S/C25H28N4O5/c1-4-29-13-18(23(30)17-10-21-22(11-20(17)29)34-14-33-21)24(31)28-19(9-15(2)3)25(32)27-12-16-7-5-6-8-26-16/h5-8,10-11,13,15,19H,4,9,12,14H2,1-3H3,(H,27,32)(H,28,31)/t19-/m1/s1. The molecule has 0 spiro atoms. The highest BCUT2D eigenvalue weighted by Gasteiger charge is 2.25. The topological polar surface area (TPSA) is 112 Å². The molecule has 3 heterocycles. The zero-order chi connectivity index (χ0) is 24.2. The fourth-order valence-electron chi connectivity index (χ4n) is 3.95. The zero-order valence-corrected chi connectivity index (χ0v) is 19.5. The van der Waals surface area contributed by atoms with Crippen molar-refractivity contribution < 1.29 is 19.1 Å². The van der Waals surface area contributed by atoms with Gasteiger partial charge >= 0.3 is 0 Å². The van der Waals surface area contributed by atoms with E-state index in [1.807, 2.05) is 37.5 Å². The first-order valence-electron chi connectivity index (χ1n) is 11.3. The van der Waals surface area contributed by atoms with Gasteiger partial charge < -0.3 is 24.7 Å². The van der Waals surface area contributed by atoms with E-state index in [-0.39, 0.29) is 30.7 Å². The van der Waals surface area contributed by atoms with Crippen LogP contribution in [0.2, 0.25) is 0 Å². The molecule has 1 aliphatic heterocycles. The van der Waals surface area contributed by atoms with Crippen molar-refractivity contribution in [2.24, 2.45) is 5.92 Å². The minimum absolute atomic E-state index is 0.0282. The Bertz CT molecular complexity index is 1270. The number of hydrogen-bond donors (Lipinski definition) is 2. The fourth-order valence-corrected chi connectivity index (χ4v) is 3.95. The maximum absolute atomic E-state index is 13.2. The Hall–Kier alpha value is -3.88. The van der Waals surface area contributed by atoms with Gasteiger partial charge in [-0.15, -0.1) is 0 Å². The molecule has 4 rings (SSSR count). The minimum atomic E-state index is -0.793. The van der Waals surface area contributed by atoms with E-state index in [1.165, 1.54) is 6.20 Å². The van der Waals surface area contributed by atoms with Crippen LogP contribution in [0.5, 0.6) is 11.5 Å². The Morgan fingerprint density at radius 2 is 1.94 bits per heavy atom. The van der Waals surface area contributed by atoms with Crippen LogP contribution < -0.4 is 25.5 Å². The van der Waals surface area contributed by atoms with Crippen LogP contribution in [0.1, 0.15) is 43.2 Å². The van der Waals surface area contributed by atoms with E-state index in [0.717, 1.165) is 0 Å². The van der Waals surface area contributed by atoms with Crippen molar-refractivity contribution in [3.05, 3.63) is 64.2 Å². The van der Waals surface area contributed by atoms with E-state index in [2.05, 4.69) is 15.6 Å². The first-order valence-corrected chi connectivity index (χ1v) is 11.3. The number of benzene rings is 1. The van der Waals surface area contributed by atoms with Crippen LogP contribution in [-0.4, -0.2) is 34.2 Å². The number of aryl methyl sites for hydroxylation is 1. The molecule has 34 heavy (non-hydrogen) atoms. The Morgan fingerprint density at radius 3 is 2.62 bits per heavy atom. The molecule has 3 aromatic rings. The van der Waals surface area contributed by atoms with Crippen LogP contribution in [0.25, 0.3) is 10.9 Å². The molecule has 1 aliphatic rings. The second-order valence-corrected chi connectivity index (χ2v) is 8.58. The van der Waals surface area contributed by atoms with Crippen LogP contribution in [0.15, 0.2) is 47.5 Å². The average molecular weight is 465 g/mol. The molecular formula is C25H28N4O5. The lowest BCUT2D eigenvalue weighted by atomic mass is 10.0. The molecule has 0 fully saturated rings. The van der Waals surface area contributed by atoms with Crippen molar-refractivity contribution in [2.75, 3.05) is 6.79 Å². The number of aromatic nitrogens is 2. The summed E-state index contributed by atoms with van der Waals surface area (Å²) in [5.74, 6) is 0.261. The maximum Gasteiger partial charge on any atom is 0.257 e. The molecule has 178 valence electrons. The molecule has 1 aromatic carbocycles. The van der Waals surface area contributed by atoms with Gasteiger partial charge in [-0.1, -0.05) is 19.9 Å². The molecular weight excluding hydrogens is 436 g/mol. The number of hydrogen-bond acceptors (Lipinski definition) is 6. The van der Waals surface area contributed by atoms with Gasteiger partial charge in [-0.05, 0) is 37.5 Å². The lowest BCUT2D eigenvalue weighted by Crippen LogP contribution is -2.48. The number of fused-ring (bicyclic) bond motifs is 2. The van der Waals surface area contributed by atoms with Crippen molar-refractivity contribution in [2.45, 2.75) is 46.3 Å². The number of carbonyl (C=O) groups is 2. The van der Waals surface area contributed by atoms with Gasteiger partial charge in [-0.2, -0.15) is 0 Å². The molecule has 2 N–H and O–H groups in total. The number of nitrogens with zero attached hydrogens (tertiary/aromatic N) is 2. The summed E-state index contributed by atoms with van der Waals surface area (Å²) in [5.41, 5.74) is 0.914. The van der Waals surface area contributed by atoms with Gasteiger partial charge in [0.15, 0.2) is 11.5 Å². The van der Waals surface area contributed by atoms with Crippen molar-refractivity contribution in [1.82, 2.24) is 20.2 Å². The largest absolute Gasteiger partial charge is 0.454 e. The Morgan fingerprint density at radius 1 is 1.18 bits per heavy atom. The monoisotopic (exact) mass is 464 g/mol. The summed E-state index contributed by atoms with van der Waals surface area (Å²) in [6.07, 6.45) is 3.61. The van der Waals surface area contributed by atoms with Gasteiger partial charge in [-0.3, -0.25) is 19.4 Å². The number of rotatable bonds is 8. The minimum Gasteiger partial charge on any atom is -0.454 e. The van der Waals surface area contributed by atoms with E-state index >= 15 is 0 Å². The summed E-state index contributed by atoms with van der Waals surface area (Å²) >= 11 is 0. The molecule has 2 aromatic heterocycles. The Balaban J connectivity index is 1.60. The summed E-state index contributed by atoms with van der Waals surface area (Å²) in [7, 11) is 0. The Labute approximate surface area is 197 Å². The Kier molecular flexibility index (Phi) is 6.81. The smallest absolute Gasteiger partial charge is 0.257 e. The second-order valence-electron chi connectivity index (χ2n) is 8.58. The van der Waals surface area contributed by atoms with Gasteiger partial charge in [-0.25, -0.2) is 0 Å². The molecule has 0 unspecified atom stereocenters. The van der Waals surface area contributed by atoms with Crippen molar-refractivity contribution in [3.8, 4) is 11.5 Å². The molecule has 0 bridgehead atoms. The lowest BCUT2D eigenvalue weighted by Gasteiger charge is -2.20.